The smallest absolute Gasteiger partial charge is 0.255 e. The van der Waals surface area contributed by atoms with E-state index in [1.54, 1.807) is 24.3 Å². The number of halogens is 4. The van der Waals surface area contributed by atoms with Crippen LogP contribution in [0.2, 0.25) is 5.02 Å². The summed E-state index contributed by atoms with van der Waals surface area (Å²) in [7, 11) is 0. The molecule has 0 atom stereocenters. The van der Waals surface area contributed by atoms with Crippen LogP contribution < -0.4 is 5.32 Å². The maximum Gasteiger partial charge on any atom is 0.255 e. The van der Waals surface area contributed by atoms with E-state index in [4.69, 9.17) is 11.6 Å². The summed E-state index contributed by atoms with van der Waals surface area (Å²) in [5, 5.41) is 3.26. The highest BCUT2D eigenvalue weighted by atomic mass is 35.5. The number of amides is 1. The molecule has 0 unspecified atom stereocenters. The van der Waals surface area contributed by atoms with Crippen LogP contribution in [0.3, 0.4) is 0 Å². The number of benzene rings is 2. The Morgan fingerprint density at radius 3 is 2.23 bits per heavy atom. The fourth-order valence-corrected chi connectivity index (χ4v) is 2.49. The second kappa shape index (κ2) is 5.32. The molecule has 0 aliphatic heterocycles. The minimum absolute atomic E-state index is 0.515. The Balaban J connectivity index is 1.86. The normalized spacial score (nSPS) is 15.5. The molecule has 22 heavy (non-hydrogen) atoms. The molecule has 1 amide bonds. The molecule has 1 fully saturated rings. The molecule has 0 spiro atoms. The van der Waals surface area contributed by atoms with Crippen molar-refractivity contribution in [2.24, 2.45) is 0 Å². The van der Waals surface area contributed by atoms with Gasteiger partial charge in [0.1, 0.15) is 0 Å². The maximum atomic E-state index is 13.7. The summed E-state index contributed by atoms with van der Waals surface area (Å²) in [4.78, 5) is 12.2. The Hall–Kier alpha value is -2.01. The molecule has 1 aliphatic carbocycles. The first-order chi connectivity index (χ1) is 10.4. The molecular weight excluding hydrogens is 315 g/mol. The summed E-state index contributed by atoms with van der Waals surface area (Å²) in [5.41, 5.74) is -0.272. The molecule has 6 heteroatoms. The van der Waals surface area contributed by atoms with Gasteiger partial charge in [-0.2, -0.15) is 0 Å². The highest BCUT2D eigenvalue weighted by Crippen LogP contribution is 2.46. The third kappa shape index (κ3) is 2.57. The average Bonchev–Trinajstić information content (AvgIpc) is 3.26. The number of carbonyl (C=O) groups excluding carboxylic acids is 1. The van der Waals surface area contributed by atoms with Crippen molar-refractivity contribution in [1.82, 2.24) is 5.32 Å². The Morgan fingerprint density at radius 1 is 1.00 bits per heavy atom. The zero-order chi connectivity index (χ0) is 15.9. The van der Waals surface area contributed by atoms with Crippen molar-refractivity contribution >= 4 is 17.5 Å². The van der Waals surface area contributed by atoms with Crippen molar-refractivity contribution in [2.75, 3.05) is 0 Å². The van der Waals surface area contributed by atoms with E-state index < -0.39 is 34.5 Å². The monoisotopic (exact) mass is 325 g/mol. The van der Waals surface area contributed by atoms with E-state index in [2.05, 4.69) is 5.32 Å². The summed E-state index contributed by atoms with van der Waals surface area (Å²) in [6.45, 7) is 0. The van der Waals surface area contributed by atoms with E-state index in [1.165, 1.54) is 0 Å². The van der Waals surface area contributed by atoms with Crippen LogP contribution in [0.25, 0.3) is 0 Å². The van der Waals surface area contributed by atoms with Crippen molar-refractivity contribution in [3.63, 3.8) is 0 Å². The quantitative estimate of drug-likeness (QED) is 0.843. The number of hydrogen-bond acceptors (Lipinski definition) is 1. The van der Waals surface area contributed by atoms with Crippen LogP contribution in [0, 0.1) is 17.5 Å². The van der Waals surface area contributed by atoms with Gasteiger partial charge in [0.15, 0.2) is 17.5 Å². The zero-order valence-electron chi connectivity index (χ0n) is 11.3. The van der Waals surface area contributed by atoms with Gasteiger partial charge in [-0.25, -0.2) is 13.2 Å². The lowest BCUT2D eigenvalue weighted by atomic mass is 10.0. The maximum absolute atomic E-state index is 13.7. The summed E-state index contributed by atoms with van der Waals surface area (Å²) < 4.78 is 39.8. The highest BCUT2D eigenvalue weighted by Gasteiger charge is 2.46. The molecule has 2 nitrogen and oxygen atoms in total. The molecule has 2 aromatic carbocycles. The standard InChI is InChI=1S/C16H11ClF3NO/c17-10-3-1-9(2-4-10)16(7-8-16)21-15(22)11-5-6-12(18)14(20)13(11)19/h1-6H,7-8H2,(H,21,22). The first-order valence-electron chi connectivity index (χ1n) is 6.65. The average molecular weight is 326 g/mol. The van der Waals surface area contributed by atoms with Crippen LogP contribution in [0.1, 0.15) is 28.8 Å². The first-order valence-corrected chi connectivity index (χ1v) is 7.03. The number of nitrogens with one attached hydrogen (secondary N) is 1. The van der Waals surface area contributed by atoms with Gasteiger partial charge in [-0.3, -0.25) is 4.79 Å². The van der Waals surface area contributed by atoms with Crippen LogP contribution in [-0.4, -0.2) is 5.91 Å². The lowest BCUT2D eigenvalue weighted by Crippen LogP contribution is -2.35. The molecule has 1 N–H and O–H groups in total. The number of rotatable bonds is 3. The summed E-state index contributed by atoms with van der Waals surface area (Å²) in [6, 6.07) is 8.60. The van der Waals surface area contributed by atoms with Gasteiger partial charge >= 0.3 is 0 Å². The van der Waals surface area contributed by atoms with Gasteiger partial charge in [0.25, 0.3) is 5.91 Å². The predicted octanol–water partition coefficient (Wildman–Crippen LogP) is 4.18. The molecule has 0 saturated heterocycles. The second-order valence-electron chi connectivity index (χ2n) is 5.27. The van der Waals surface area contributed by atoms with Crippen molar-refractivity contribution in [3.8, 4) is 0 Å². The van der Waals surface area contributed by atoms with Crippen LogP contribution >= 0.6 is 11.6 Å². The molecular formula is C16H11ClF3NO. The lowest BCUT2D eigenvalue weighted by Gasteiger charge is -2.18. The fraction of sp³-hybridized carbons (Fsp3) is 0.188. The topological polar surface area (TPSA) is 29.1 Å². The zero-order valence-corrected chi connectivity index (χ0v) is 12.1. The molecule has 3 rings (SSSR count). The van der Waals surface area contributed by atoms with Gasteiger partial charge in [0.05, 0.1) is 11.1 Å². The summed E-state index contributed by atoms with van der Waals surface area (Å²) in [5.74, 6) is -5.23. The van der Waals surface area contributed by atoms with E-state index in [1.807, 2.05) is 0 Å². The van der Waals surface area contributed by atoms with E-state index in [9.17, 15) is 18.0 Å². The Morgan fingerprint density at radius 2 is 1.64 bits per heavy atom. The SMILES string of the molecule is O=C(NC1(c2ccc(Cl)cc2)CC1)c1ccc(F)c(F)c1F. The van der Waals surface area contributed by atoms with Gasteiger partial charge in [0.2, 0.25) is 0 Å². The molecule has 114 valence electrons. The van der Waals surface area contributed by atoms with Crippen LogP contribution in [0.15, 0.2) is 36.4 Å². The van der Waals surface area contributed by atoms with E-state index in [0.717, 1.165) is 17.7 Å². The highest BCUT2D eigenvalue weighted by molar-refractivity contribution is 6.30. The summed E-state index contributed by atoms with van der Waals surface area (Å²) in [6.07, 6.45) is 1.37. The van der Waals surface area contributed by atoms with Gasteiger partial charge in [-0.05, 0) is 42.7 Å². The van der Waals surface area contributed by atoms with Crippen LogP contribution in [0.4, 0.5) is 13.2 Å². The van der Waals surface area contributed by atoms with Crippen LogP contribution in [0.5, 0.6) is 0 Å². The van der Waals surface area contributed by atoms with Crippen molar-refractivity contribution in [3.05, 3.63) is 70.0 Å². The lowest BCUT2D eigenvalue weighted by molar-refractivity contribution is 0.0925. The largest absolute Gasteiger partial charge is 0.342 e. The van der Waals surface area contributed by atoms with Crippen LogP contribution in [-0.2, 0) is 5.54 Å². The van der Waals surface area contributed by atoms with Crippen molar-refractivity contribution in [2.45, 2.75) is 18.4 Å². The molecule has 1 saturated carbocycles. The predicted molar refractivity (Wildman–Crippen MR) is 76.1 cm³/mol. The second-order valence-corrected chi connectivity index (χ2v) is 5.70. The third-order valence-electron chi connectivity index (χ3n) is 3.78. The molecule has 0 heterocycles. The van der Waals surface area contributed by atoms with Crippen molar-refractivity contribution in [1.29, 1.82) is 0 Å². The third-order valence-corrected chi connectivity index (χ3v) is 4.03. The number of hydrogen-bond donors (Lipinski definition) is 1. The van der Waals surface area contributed by atoms with E-state index in [-0.39, 0.29) is 0 Å². The van der Waals surface area contributed by atoms with Crippen molar-refractivity contribution < 1.29 is 18.0 Å². The summed E-state index contributed by atoms with van der Waals surface area (Å²) >= 11 is 5.82. The van der Waals surface area contributed by atoms with Gasteiger partial charge < -0.3 is 5.32 Å². The molecule has 0 bridgehead atoms. The first kappa shape index (κ1) is 14.9. The Kier molecular flexibility index (Phi) is 3.60. The molecule has 0 aromatic heterocycles. The van der Waals surface area contributed by atoms with E-state index >= 15 is 0 Å². The Bertz CT molecular complexity index is 742. The fourth-order valence-electron chi connectivity index (χ4n) is 2.37. The van der Waals surface area contributed by atoms with Gasteiger partial charge in [0, 0.05) is 5.02 Å². The van der Waals surface area contributed by atoms with E-state index in [0.29, 0.717) is 17.9 Å². The van der Waals surface area contributed by atoms with Gasteiger partial charge in [-0.1, -0.05) is 23.7 Å². The number of carbonyl (C=O) groups is 1. The molecule has 0 radical (unpaired) electrons. The minimum atomic E-state index is -1.65. The minimum Gasteiger partial charge on any atom is -0.342 e. The van der Waals surface area contributed by atoms with Gasteiger partial charge in [-0.15, -0.1) is 0 Å². The molecule has 2 aromatic rings. The molecule has 1 aliphatic rings. The Labute approximate surface area is 129 Å².